The van der Waals surface area contributed by atoms with E-state index < -0.39 is 0 Å². The van der Waals surface area contributed by atoms with Gasteiger partial charge in [-0.2, -0.15) is 0 Å². The molecule has 1 aromatic carbocycles. The van der Waals surface area contributed by atoms with Crippen LogP contribution in [0.2, 0.25) is 0 Å². The number of hydrogen-bond acceptors (Lipinski definition) is 5. The summed E-state index contributed by atoms with van der Waals surface area (Å²) in [7, 11) is 1.94. The maximum Gasteiger partial charge on any atom is 0.234 e. The van der Waals surface area contributed by atoms with Gasteiger partial charge in [0.15, 0.2) is 0 Å². The van der Waals surface area contributed by atoms with Crippen LogP contribution in [-0.2, 0) is 9.53 Å². The fourth-order valence-corrected chi connectivity index (χ4v) is 3.53. The van der Waals surface area contributed by atoms with Gasteiger partial charge in [0.25, 0.3) is 0 Å². The Morgan fingerprint density at radius 3 is 2.71 bits per heavy atom. The van der Waals surface area contributed by atoms with Crippen molar-refractivity contribution in [1.29, 1.82) is 0 Å². The Hall–Kier alpha value is -1.63. The molecule has 0 spiro atoms. The van der Waals surface area contributed by atoms with Gasteiger partial charge in [-0.3, -0.25) is 14.6 Å². The van der Waals surface area contributed by atoms with E-state index in [1.807, 2.05) is 24.1 Å². The highest BCUT2D eigenvalue weighted by atomic mass is 16.5. The molecule has 1 fully saturated rings. The molecule has 0 saturated carbocycles. The molecular formula is C22H37N3O3. The van der Waals surface area contributed by atoms with Crippen LogP contribution in [0.15, 0.2) is 18.2 Å². The van der Waals surface area contributed by atoms with Gasteiger partial charge in [-0.25, -0.2) is 0 Å². The van der Waals surface area contributed by atoms with Gasteiger partial charge in [-0.1, -0.05) is 19.9 Å². The second-order valence-electron chi connectivity index (χ2n) is 8.36. The number of nitrogens with zero attached hydrogens (tertiary/aromatic N) is 2. The van der Waals surface area contributed by atoms with Gasteiger partial charge in [0.1, 0.15) is 12.4 Å². The van der Waals surface area contributed by atoms with E-state index in [0.29, 0.717) is 32.2 Å². The lowest BCUT2D eigenvalue weighted by molar-refractivity contribution is -0.123. The number of rotatable bonds is 10. The highest BCUT2D eigenvalue weighted by molar-refractivity contribution is 5.78. The lowest BCUT2D eigenvalue weighted by Gasteiger charge is -2.34. The summed E-state index contributed by atoms with van der Waals surface area (Å²) in [5.74, 6) is 1.56. The molecule has 0 aliphatic carbocycles. The van der Waals surface area contributed by atoms with Crippen molar-refractivity contribution in [1.82, 2.24) is 15.1 Å². The smallest absolute Gasteiger partial charge is 0.234 e. The summed E-state index contributed by atoms with van der Waals surface area (Å²) in [5, 5.41) is 3.01. The molecule has 0 aromatic heterocycles. The number of carbonyl (C=O) groups is 1. The molecule has 6 nitrogen and oxygen atoms in total. The predicted octanol–water partition coefficient (Wildman–Crippen LogP) is 2.09. The molecule has 28 heavy (non-hydrogen) atoms. The third-order valence-corrected chi connectivity index (χ3v) is 4.72. The lowest BCUT2D eigenvalue weighted by atomic mass is 10.1. The Morgan fingerprint density at radius 1 is 1.32 bits per heavy atom. The van der Waals surface area contributed by atoms with E-state index in [4.69, 9.17) is 9.47 Å². The van der Waals surface area contributed by atoms with Crippen LogP contribution in [0.3, 0.4) is 0 Å². The zero-order valence-corrected chi connectivity index (χ0v) is 18.2. The summed E-state index contributed by atoms with van der Waals surface area (Å²) in [6.07, 6.45) is 0.0784. The fraction of sp³-hybridized carbons (Fsp3) is 0.682. The average Bonchev–Trinajstić information content (AvgIpc) is 2.59. The molecule has 1 saturated heterocycles. The van der Waals surface area contributed by atoms with Crippen molar-refractivity contribution in [2.24, 2.45) is 5.92 Å². The second-order valence-corrected chi connectivity index (χ2v) is 8.36. The van der Waals surface area contributed by atoms with E-state index >= 15 is 0 Å². The van der Waals surface area contributed by atoms with Crippen LogP contribution in [-0.4, -0.2) is 81.3 Å². The van der Waals surface area contributed by atoms with E-state index in [9.17, 15) is 4.79 Å². The molecule has 1 aromatic rings. The summed E-state index contributed by atoms with van der Waals surface area (Å²) in [6.45, 7) is 14.5. The minimum atomic E-state index is 0.0264. The number of hydrogen-bond donors (Lipinski definition) is 1. The van der Waals surface area contributed by atoms with Crippen molar-refractivity contribution >= 4 is 5.91 Å². The number of benzene rings is 1. The monoisotopic (exact) mass is 391 g/mol. The molecule has 2 rings (SSSR count). The van der Waals surface area contributed by atoms with Crippen LogP contribution < -0.4 is 10.1 Å². The van der Waals surface area contributed by atoms with Crippen molar-refractivity contribution < 1.29 is 14.3 Å². The van der Waals surface area contributed by atoms with Crippen LogP contribution in [0.25, 0.3) is 0 Å². The van der Waals surface area contributed by atoms with Crippen molar-refractivity contribution in [2.45, 2.75) is 33.8 Å². The van der Waals surface area contributed by atoms with Gasteiger partial charge in [-0.05, 0) is 50.1 Å². The molecule has 6 heteroatoms. The first kappa shape index (κ1) is 22.7. The standard InChI is InChI=1S/C22H37N3O3/c1-17(2)14-25-7-9-28-21(15-25)13-23-22(26)16-24(5)6-8-27-20-11-18(3)10-19(4)12-20/h10-12,17,21H,6-9,13-16H2,1-5H3,(H,23,26). The second kappa shape index (κ2) is 11.4. The van der Waals surface area contributed by atoms with E-state index in [-0.39, 0.29) is 12.0 Å². The number of aryl methyl sites for hydroxylation is 2. The molecule has 1 heterocycles. The Morgan fingerprint density at radius 2 is 2.04 bits per heavy atom. The quantitative estimate of drug-likeness (QED) is 0.662. The van der Waals surface area contributed by atoms with Crippen LogP contribution in [0, 0.1) is 19.8 Å². The van der Waals surface area contributed by atoms with Crippen molar-refractivity contribution in [3.05, 3.63) is 29.3 Å². The van der Waals surface area contributed by atoms with E-state index in [1.54, 1.807) is 0 Å². The first-order valence-corrected chi connectivity index (χ1v) is 10.3. The molecule has 1 amide bonds. The summed E-state index contributed by atoms with van der Waals surface area (Å²) in [6, 6.07) is 6.19. The molecule has 1 atom stereocenters. The summed E-state index contributed by atoms with van der Waals surface area (Å²) >= 11 is 0. The van der Waals surface area contributed by atoms with E-state index in [2.05, 4.69) is 44.0 Å². The number of ether oxygens (including phenoxy) is 2. The molecule has 1 N–H and O–H groups in total. The van der Waals surface area contributed by atoms with E-state index in [0.717, 1.165) is 32.0 Å². The van der Waals surface area contributed by atoms with Gasteiger partial charge in [-0.15, -0.1) is 0 Å². The van der Waals surface area contributed by atoms with Crippen molar-refractivity contribution in [3.63, 3.8) is 0 Å². The minimum Gasteiger partial charge on any atom is -0.492 e. The van der Waals surface area contributed by atoms with Crippen LogP contribution in [0.4, 0.5) is 0 Å². The van der Waals surface area contributed by atoms with E-state index in [1.165, 1.54) is 11.1 Å². The summed E-state index contributed by atoms with van der Waals surface area (Å²) in [4.78, 5) is 16.6. The van der Waals surface area contributed by atoms with Gasteiger partial charge in [0, 0.05) is 32.7 Å². The Labute approximate surface area is 170 Å². The van der Waals surface area contributed by atoms with Crippen molar-refractivity contribution in [3.8, 4) is 5.75 Å². The molecule has 1 unspecified atom stereocenters. The minimum absolute atomic E-state index is 0.0264. The summed E-state index contributed by atoms with van der Waals surface area (Å²) < 4.78 is 11.6. The number of amides is 1. The zero-order chi connectivity index (χ0) is 20.5. The topological polar surface area (TPSA) is 54.0 Å². The van der Waals surface area contributed by atoms with Gasteiger partial charge >= 0.3 is 0 Å². The first-order chi connectivity index (χ1) is 13.3. The fourth-order valence-electron chi connectivity index (χ4n) is 3.53. The maximum absolute atomic E-state index is 12.2. The molecule has 158 valence electrons. The molecule has 1 aliphatic rings. The molecular weight excluding hydrogens is 354 g/mol. The lowest BCUT2D eigenvalue weighted by Crippen LogP contribution is -2.49. The predicted molar refractivity (Wildman–Crippen MR) is 113 cm³/mol. The van der Waals surface area contributed by atoms with Crippen molar-refractivity contribution in [2.75, 3.05) is 59.5 Å². The highest BCUT2D eigenvalue weighted by Crippen LogP contribution is 2.16. The zero-order valence-electron chi connectivity index (χ0n) is 18.2. The Balaban J connectivity index is 1.62. The molecule has 0 radical (unpaired) electrons. The van der Waals surface area contributed by atoms with Crippen LogP contribution in [0.5, 0.6) is 5.75 Å². The van der Waals surface area contributed by atoms with Crippen LogP contribution >= 0.6 is 0 Å². The first-order valence-electron chi connectivity index (χ1n) is 10.3. The number of nitrogens with one attached hydrogen (secondary N) is 1. The number of carbonyl (C=O) groups excluding carboxylic acids is 1. The number of morpholine rings is 1. The third kappa shape index (κ3) is 8.59. The van der Waals surface area contributed by atoms with Crippen LogP contribution in [0.1, 0.15) is 25.0 Å². The molecule has 1 aliphatic heterocycles. The highest BCUT2D eigenvalue weighted by Gasteiger charge is 2.21. The summed E-state index contributed by atoms with van der Waals surface area (Å²) in [5.41, 5.74) is 2.39. The Kier molecular flexibility index (Phi) is 9.22. The normalized spacial score (nSPS) is 17.9. The maximum atomic E-state index is 12.2. The Bertz CT molecular complexity index is 601. The average molecular weight is 392 g/mol. The van der Waals surface area contributed by atoms with Gasteiger partial charge in [0.05, 0.1) is 19.3 Å². The number of likely N-dealkylation sites (N-methyl/N-ethyl adjacent to an activating group) is 1. The third-order valence-electron chi connectivity index (χ3n) is 4.72. The largest absolute Gasteiger partial charge is 0.492 e. The SMILES string of the molecule is Cc1cc(C)cc(OCCN(C)CC(=O)NCC2CN(CC(C)C)CCO2)c1. The van der Waals surface area contributed by atoms with Gasteiger partial charge in [0.2, 0.25) is 5.91 Å². The van der Waals surface area contributed by atoms with Gasteiger partial charge < -0.3 is 14.8 Å². The molecule has 0 bridgehead atoms.